The van der Waals surface area contributed by atoms with E-state index in [2.05, 4.69) is 78.1 Å². The van der Waals surface area contributed by atoms with Crippen molar-refractivity contribution in [2.24, 2.45) is 61.9 Å². The van der Waals surface area contributed by atoms with Crippen molar-refractivity contribution in [3.8, 4) is 0 Å². The van der Waals surface area contributed by atoms with Gasteiger partial charge in [0, 0.05) is 17.4 Å². The average Bonchev–Trinajstić information content (AvgIpc) is 3.39. The van der Waals surface area contributed by atoms with E-state index in [4.69, 9.17) is 10.5 Å². The number of carbonyl (C=O) groups is 4. The van der Waals surface area contributed by atoms with Crippen molar-refractivity contribution < 1.29 is 29.0 Å². The molecule has 8 nitrogen and oxygen atoms in total. The standard InChI is InChI=1S/C45H68N2O6/c1-28(2)36-31(48)25-44(33(49)27-47-24-18-29-13-11-10-12-14-29)23-22-41(7)30(37(36)44)15-21-45(46)42(8)19-17-34(53-35(50)26-39(3,4)38(51)52)40(5,6)32(42)16-20-43(41,45)9/h10-13,28-30,32,34,47H,14-27,46H2,1-9H3,(H,51,52)/t29?,30?,32?,34?,41-,42?,43?,44?,45?/m1/s1. The molecule has 4 N–H and O–H groups in total. The summed E-state index contributed by atoms with van der Waals surface area (Å²) in [6.07, 6.45) is 17.1. The third-order valence-corrected chi connectivity index (χ3v) is 16.8. The number of carboxylic acids is 1. The van der Waals surface area contributed by atoms with E-state index in [9.17, 15) is 24.3 Å². The monoisotopic (exact) mass is 733 g/mol. The molecule has 0 radical (unpaired) electrons. The lowest BCUT2D eigenvalue weighted by atomic mass is 9.30. The molecule has 6 rings (SSSR count). The van der Waals surface area contributed by atoms with Gasteiger partial charge in [0.2, 0.25) is 0 Å². The van der Waals surface area contributed by atoms with Gasteiger partial charge in [-0.15, -0.1) is 0 Å². The molecular weight excluding hydrogens is 665 g/mol. The SMILES string of the molecule is CC(C)C1=C2C3CCC4(N)C5(C)CCC(OC(=O)CC(C)(C)C(=O)O)C(C)(C)C5CCC4(C)[C@]3(C)CCC2(C(=O)CNCCC2C=CC=CC2)CC1=O. The number of esters is 1. The first-order valence-electron chi connectivity index (χ1n) is 20.7. The first-order chi connectivity index (χ1) is 24.6. The number of hydrogen-bond donors (Lipinski definition) is 3. The molecule has 0 heterocycles. The molecule has 0 saturated heterocycles. The summed E-state index contributed by atoms with van der Waals surface area (Å²) in [5, 5.41) is 13.1. The van der Waals surface area contributed by atoms with E-state index in [1.165, 1.54) is 0 Å². The van der Waals surface area contributed by atoms with Gasteiger partial charge in [0.1, 0.15) is 6.10 Å². The topological polar surface area (TPSA) is 136 Å². The third kappa shape index (κ3) is 5.97. The number of hydrogen-bond acceptors (Lipinski definition) is 7. The highest BCUT2D eigenvalue weighted by Crippen LogP contribution is 2.77. The summed E-state index contributed by atoms with van der Waals surface area (Å²) in [5.41, 5.74) is 6.67. The van der Waals surface area contributed by atoms with E-state index >= 15 is 0 Å². The zero-order valence-corrected chi connectivity index (χ0v) is 34.2. The normalized spacial score (nSPS) is 40.3. The summed E-state index contributed by atoms with van der Waals surface area (Å²) in [6.45, 7) is 20.2. The van der Waals surface area contributed by atoms with Gasteiger partial charge in [-0.3, -0.25) is 19.2 Å². The molecule has 0 bridgehead atoms. The van der Waals surface area contributed by atoms with Crippen LogP contribution in [-0.4, -0.2) is 53.3 Å². The van der Waals surface area contributed by atoms with Gasteiger partial charge in [-0.05, 0) is 136 Å². The summed E-state index contributed by atoms with van der Waals surface area (Å²) in [5.74, 6) is -0.234. The van der Waals surface area contributed by atoms with Crippen LogP contribution in [-0.2, 0) is 23.9 Å². The molecule has 4 saturated carbocycles. The first kappa shape index (κ1) is 40.1. The van der Waals surface area contributed by atoms with Crippen molar-refractivity contribution in [2.75, 3.05) is 13.1 Å². The number of rotatable bonds is 11. The predicted octanol–water partition coefficient (Wildman–Crippen LogP) is 8.14. The van der Waals surface area contributed by atoms with Crippen LogP contribution < -0.4 is 11.1 Å². The number of carboxylic acid groups (broad SMARTS) is 1. The molecular formula is C45H68N2O6. The van der Waals surface area contributed by atoms with E-state index in [0.29, 0.717) is 31.7 Å². The van der Waals surface area contributed by atoms with Gasteiger partial charge in [0.15, 0.2) is 11.6 Å². The fraction of sp³-hybridized carbons (Fsp3) is 0.778. The van der Waals surface area contributed by atoms with Gasteiger partial charge in [0.25, 0.3) is 0 Å². The quantitative estimate of drug-likeness (QED) is 0.143. The zero-order valence-electron chi connectivity index (χ0n) is 34.2. The molecule has 0 aromatic heterocycles. The maximum atomic E-state index is 14.5. The molecule has 0 aliphatic heterocycles. The Labute approximate surface area is 318 Å². The lowest BCUT2D eigenvalue weighted by molar-refractivity contribution is -0.243. The molecule has 0 amide bonds. The summed E-state index contributed by atoms with van der Waals surface area (Å²) >= 11 is 0. The molecule has 0 aromatic carbocycles. The fourth-order valence-electron chi connectivity index (χ4n) is 13.3. The highest BCUT2D eigenvalue weighted by Gasteiger charge is 2.75. The molecule has 6 aliphatic rings. The van der Waals surface area contributed by atoms with Gasteiger partial charge in [-0.2, -0.15) is 0 Å². The second kappa shape index (κ2) is 13.6. The number of allylic oxidation sites excluding steroid dienone is 6. The summed E-state index contributed by atoms with van der Waals surface area (Å²) < 4.78 is 6.15. The van der Waals surface area contributed by atoms with Crippen LogP contribution in [0.5, 0.6) is 0 Å². The van der Waals surface area contributed by atoms with E-state index < -0.39 is 28.3 Å². The molecule has 53 heavy (non-hydrogen) atoms. The van der Waals surface area contributed by atoms with Gasteiger partial charge in [-0.25, -0.2) is 0 Å². The maximum absolute atomic E-state index is 14.5. The Kier molecular flexibility index (Phi) is 10.3. The Bertz CT molecular complexity index is 1620. The van der Waals surface area contributed by atoms with Crippen molar-refractivity contribution >= 4 is 23.5 Å². The minimum Gasteiger partial charge on any atom is -0.481 e. The predicted molar refractivity (Wildman–Crippen MR) is 208 cm³/mol. The van der Waals surface area contributed by atoms with Crippen LogP contribution in [0.3, 0.4) is 0 Å². The average molecular weight is 733 g/mol. The molecule has 8 unspecified atom stereocenters. The smallest absolute Gasteiger partial charge is 0.309 e. The highest BCUT2D eigenvalue weighted by molar-refractivity contribution is 6.07. The largest absolute Gasteiger partial charge is 0.481 e. The van der Waals surface area contributed by atoms with Crippen molar-refractivity contribution in [1.82, 2.24) is 5.32 Å². The van der Waals surface area contributed by atoms with Crippen LogP contribution in [0.2, 0.25) is 0 Å². The highest BCUT2D eigenvalue weighted by atomic mass is 16.5. The van der Waals surface area contributed by atoms with Crippen LogP contribution in [0, 0.1) is 56.2 Å². The Morgan fingerprint density at radius 2 is 1.70 bits per heavy atom. The van der Waals surface area contributed by atoms with E-state index in [0.717, 1.165) is 69.1 Å². The Balaban J connectivity index is 1.26. The fourth-order valence-corrected chi connectivity index (χ4v) is 13.3. The van der Waals surface area contributed by atoms with Crippen molar-refractivity contribution in [2.45, 2.75) is 151 Å². The van der Waals surface area contributed by atoms with Crippen LogP contribution >= 0.6 is 0 Å². The molecule has 0 aromatic rings. The van der Waals surface area contributed by atoms with Crippen molar-refractivity contribution in [1.29, 1.82) is 0 Å². The van der Waals surface area contributed by atoms with Crippen LogP contribution in [0.25, 0.3) is 0 Å². The second-order valence-corrected chi connectivity index (χ2v) is 20.4. The molecule has 6 aliphatic carbocycles. The summed E-state index contributed by atoms with van der Waals surface area (Å²) in [4.78, 5) is 53.4. The second-order valence-electron chi connectivity index (χ2n) is 20.4. The molecule has 294 valence electrons. The lowest BCUT2D eigenvalue weighted by Gasteiger charge is -2.76. The minimum atomic E-state index is -1.19. The number of aliphatic carboxylic acids is 1. The zero-order chi connectivity index (χ0) is 39.0. The van der Waals surface area contributed by atoms with Gasteiger partial charge in [0.05, 0.1) is 23.8 Å². The maximum Gasteiger partial charge on any atom is 0.309 e. The minimum absolute atomic E-state index is 0.0547. The van der Waals surface area contributed by atoms with Crippen LogP contribution in [0.4, 0.5) is 0 Å². The van der Waals surface area contributed by atoms with E-state index in [1.807, 2.05) is 0 Å². The number of Topliss-reactive ketones (excluding diaryl/α,β-unsaturated/α-hetero) is 2. The molecule has 8 heteroatoms. The first-order valence-corrected chi connectivity index (χ1v) is 20.7. The number of ketones is 2. The van der Waals surface area contributed by atoms with Crippen LogP contribution in [0.15, 0.2) is 35.5 Å². The number of nitrogens with two attached hydrogens (primary N) is 1. The summed E-state index contributed by atoms with van der Waals surface area (Å²) in [7, 11) is 0. The Hall–Kier alpha value is -2.58. The number of fused-ring (bicyclic) bond motifs is 7. The van der Waals surface area contributed by atoms with Gasteiger partial charge >= 0.3 is 11.9 Å². The van der Waals surface area contributed by atoms with Crippen molar-refractivity contribution in [3.05, 3.63) is 35.5 Å². The van der Waals surface area contributed by atoms with Gasteiger partial charge in [-0.1, -0.05) is 72.8 Å². The number of carbonyl (C=O) groups excluding carboxylic acids is 3. The van der Waals surface area contributed by atoms with Crippen LogP contribution in [0.1, 0.15) is 139 Å². The van der Waals surface area contributed by atoms with Crippen molar-refractivity contribution in [3.63, 3.8) is 0 Å². The van der Waals surface area contributed by atoms with E-state index in [1.54, 1.807) is 13.8 Å². The van der Waals surface area contributed by atoms with E-state index in [-0.39, 0.29) is 63.5 Å². The van der Waals surface area contributed by atoms with Gasteiger partial charge < -0.3 is 20.9 Å². The molecule has 0 spiro atoms. The third-order valence-electron chi connectivity index (χ3n) is 16.8. The lowest BCUT2D eigenvalue weighted by Crippen LogP contribution is -2.78. The summed E-state index contributed by atoms with van der Waals surface area (Å²) in [6, 6.07) is 0. The molecule has 4 fully saturated rings. The Morgan fingerprint density at radius 1 is 0.981 bits per heavy atom. The molecule has 9 atom stereocenters. The Morgan fingerprint density at radius 3 is 2.34 bits per heavy atom. The number of nitrogens with one attached hydrogen (secondary N) is 1. The number of ether oxygens (including phenoxy) is 1.